The van der Waals surface area contributed by atoms with Gasteiger partial charge in [-0.05, 0) is 43.2 Å². The lowest BCUT2D eigenvalue weighted by molar-refractivity contribution is -0.133. The fourth-order valence-electron chi connectivity index (χ4n) is 2.03. The second-order valence-electron chi connectivity index (χ2n) is 4.94. The Bertz CT molecular complexity index is 750. The highest BCUT2D eigenvalue weighted by Crippen LogP contribution is 2.27. The number of amides is 2. The van der Waals surface area contributed by atoms with Crippen LogP contribution in [-0.2, 0) is 9.59 Å². The molecule has 2 aromatic carbocycles. The van der Waals surface area contributed by atoms with Crippen molar-refractivity contribution in [2.24, 2.45) is 0 Å². The number of benzene rings is 2. The van der Waals surface area contributed by atoms with Gasteiger partial charge in [-0.2, -0.15) is 0 Å². The van der Waals surface area contributed by atoms with Crippen LogP contribution in [0.3, 0.4) is 0 Å². The van der Waals surface area contributed by atoms with Crippen LogP contribution >= 0.6 is 11.6 Å². The zero-order valence-electron chi connectivity index (χ0n) is 12.3. The SMILES string of the molecule is Cc1cc(C)c(NC(=O)C(=O)Nc2c(F)cccc2F)c(Cl)c1. The summed E-state index contributed by atoms with van der Waals surface area (Å²) in [5, 5.41) is 4.51. The first-order chi connectivity index (χ1) is 10.8. The van der Waals surface area contributed by atoms with Crippen molar-refractivity contribution in [3.05, 3.63) is 58.1 Å². The molecule has 0 saturated heterocycles. The Morgan fingerprint density at radius 2 is 1.48 bits per heavy atom. The smallest absolute Gasteiger partial charge is 0.314 e. The van der Waals surface area contributed by atoms with Crippen molar-refractivity contribution in [1.82, 2.24) is 0 Å². The van der Waals surface area contributed by atoms with Gasteiger partial charge in [0.15, 0.2) is 0 Å². The van der Waals surface area contributed by atoms with Gasteiger partial charge in [0, 0.05) is 0 Å². The van der Waals surface area contributed by atoms with E-state index in [1.165, 1.54) is 0 Å². The van der Waals surface area contributed by atoms with Crippen LogP contribution < -0.4 is 10.6 Å². The molecule has 7 heteroatoms. The van der Waals surface area contributed by atoms with E-state index in [9.17, 15) is 18.4 Å². The molecule has 0 aliphatic rings. The third-order valence-electron chi connectivity index (χ3n) is 3.08. The summed E-state index contributed by atoms with van der Waals surface area (Å²) in [5.74, 6) is -4.24. The number of aryl methyl sites for hydroxylation is 2. The molecule has 2 aromatic rings. The molecule has 0 radical (unpaired) electrons. The molecule has 0 aliphatic heterocycles. The largest absolute Gasteiger partial charge is 0.316 e. The highest BCUT2D eigenvalue weighted by molar-refractivity contribution is 6.45. The van der Waals surface area contributed by atoms with E-state index in [4.69, 9.17) is 11.6 Å². The maximum Gasteiger partial charge on any atom is 0.314 e. The van der Waals surface area contributed by atoms with Crippen molar-refractivity contribution in [3.63, 3.8) is 0 Å². The van der Waals surface area contributed by atoms with Gasteiger partial charge in [0.25, 0.3) is 0 Å². The van der Waals surface area contributed by atoms with Crippen LogP contribution in [-0.4, -0.2) is 11.8 Å². The average molecular weight is 339 g/mol. The summed E-state index contributed by atoms with van der Waals surface area (Å²) in [4.78, 5) is 23.7. The zero-order valence-corrected chi connectivity index (χ0v) is 13.1. The van der Waals surface area contributed by atoms with Crippen LogP contribution in [0.2, 0.25) is 5.02 Å². The molecule has 0 saturated carbocycles. The number of rotatable bonds is 2. The molecule has 0 unspecified atom stereocenters. The molecular weight excluding hydrogens is 326 g/mol. The number of nitrogens with one attached hydrogen (secondary N) is 2. The fourth-order valence-corrected chi connectivity index (χ4v) is 2.40. The van der Waals surface area contributed by atoms with E-state index in [-0.39, 0.29) is 10.7 Å². The van der Waals surface area contributed by atoms with E-state index in [1.54, 1.807) is 19.1 Å². The second kappa shape index (κ2) is 6.75. The molecule has 0 aromatic heterocycles. The number of para-hydroxylation sites is 1. The summed E-state index contributed by atoms with van der Waals surface area (Å²) in [6.45, 7) is 3.54. The molecule has 2 N–H and O–H groups in total. The van der Waals surface area contributed by atoms with E-state index < -0.39 is 29.1 Å². The Hall–Kier alpha value is -2.47. The van der Waals surface area contributed by atoms with Crippen LogP contribution in [0, 0.1) is 25.5 Å². The van der Waals surface area contributed by atoms with Crippen molar-refractivity contribution in [1.29, 1.82) is 0 Å². The standard InChI is InChI=1S/C16H13ClF2N2O2/c1-8-6-9(2)13(10(17)7-8)20-15(22)16(23)21-14-11(18)4-3-5-12(14)19/h3-7H,1-2H3,(H,20,22)(H,21,23). The van der Waals surface area contributed by atoms with Gasteiger partial charge < -0.3 is 10.6 Å². The minimum absolute atomic E-state index is 0.265. The Labute approximate surface area is 136 Å². The van der Waals surface area contributed by atoms with E-state index in [2.05, 4.69) is 5.32 Å². The maximum atomic E-state index is 13.5. The van der Waals surface area contributed by atoms with Crippen molar-refractivity contribution in [2.45, 2.75) is 13.8 Å². The van der Waals surface area contributed by atoms with Crippen molar-refractivity contribution in [2.75, 3.05) is 10.6 Å². The number of carbonyl (C=O) groups excluding carboxylic acids is 2. The Kier molecular flexibility index (Phi) is 4.95. The number of halogens is 3. The molecule has 0 atom stereocenters. The highest BCUT2D eigenvalue weighted by atomic mass is 35.5. The van der Waals surface area contributed by atoms with E-state index in [0.717, 1.165) is 23.8 Å². The van der Waals surface area contributed by atoms with Gasteiger partial charge in [0.05, 0.1) is 10.7 Å². The van der Waals surface area contributed by atoms with Gasteiger partial charge >= 0.3 is 11.8 Å². The van der Waals surface area contributed by atoms with Gasteiger partial charge in [-0.3, -0.25) is 9.59 Å². The number of anilines is 2. The van der Waals surface area contributed by atoms with Crippen molar-refractivity contribution in [3.8, 4) is 0 Å². The van der Waals surface area contributed by atoms with Gasteiger partial charge in [-0.15, -0.1) is 0 Å². The average Bonchev–Trinajstić information content (AvgIpc) is 2.46. The summed E-state index contributed by atoms with van der Waals surface area (Å²) < 4.78 is 26.9. The van der Waals surface area contributed by atoms with Crippen LogP contribution in [0.25, 0.3) is 0 Å². The molecule has 2 amide bonds. The van der Waals surface area contributed by atoms with Crippen LogP contribution in [0.15, 0.2) is 30.3 Å². The Morgan fingerprint density at radius 1 is 0.957 bits per heavy atom. The van der Waals surface area contributed by atoms with Gasteiger partial charge in [0.2, 0.25) is 0 Å². The predicted molar refractivity (Wildman–Crippen MR) is 84.5 cm³/mol. The first-order valence-corrected chi connectivity index (χ1v) is 7.00. The molecule has 0 fully saturated rings. The first-order valence-electron chi connectivity index (χ1n) is 6.62. The molecule has 4 nitrogen and oxygen atoms in total. The second-order valence-corrected chi connectivity index (χ2v) is 5.35. The molecule has 2 rings (SSSR count). The topological polar surface area (TPSA) is 58.2 Å². The minimum atomic E-state index is -1.20. The minimum Gasteiger partial charge on any atom is -0.316 e. The Morgan fingerprint density at radius 3 is 2.00 bits per heavy atom. The number of carbonyl (C=O) groups is 2. The first kappa shape index (κ1) is 16.9. The van der Waals surface area contributed by atoms with Gasteiger partial charge in [-0.25, -0.2) is 8.78 Å². The van der Waals surface area contributed by atoms with Crippen molar-refractivity contribution < 1.29 is 18.4 Å². The lowest BCUT2D eigenvalue weighted by atomic mass is 10.1. The lowest BCUT2D eigenvalue weighted by Crippen LogP contribution is -2.30. The van der Waals surface area contributed by atoms with E-state index >= 15 is 0 Å². The summed E-state index contributed by atoms with van der Waals surface area (Å²) >= 11 is 6.03. The van der Waals surface area contributed by atoms with Crippen molar-refractivity contribution >= 4 is 34.8 Å². The molecule has 120 valence electrons. The summed E-state index contributed by atoms with van der Waals surface area (Å²) in [6, 6.07) is 6.49. The molecule has 0 aliphatic carbocycles. The fraction of sp³-hybridized carbons (Fsp3) is 0.125. The third kappa shape index (κ3) is 3.84. The van der Waals surface area contributed by atoms with Crippen LogP contribution in [0.4, 0.5) is 20.2 Å². The van der Waals surface area contributed by atoms with Gasteiger partial charge in [0.1, 0.15) is 17.3 Å². The molecule has 23 heavy (non-hydrogen) atoms. The van der Waals surface area contributed by atoms with Crippen LogP contribution in [0.1, 0.15) is 11.1 Å². The quantitative estimate of drug-likeness (QED) is 0.818. The lowest BCUT2D eigenvalue weighted by Gasteiger charge is -2.12. The normalized spacial score (nSPS) is 10.3. The maximum absolute atomic E-state index is 13.5. The Balaban J connectivity index is 2.17. The van der Waals surface area contributed by atoms with E-state index in [1.807, 2.05) is 12.2 Å². The predicted octanol–water partition coefficient (Wildman–Crippen LogP) is 3.81. The molecule has 0 spiro atoms. The molecule has 0 heterocycles. The highest BCUT2D eigenvalue weighted by Gasteiger charge is 2.20. The van der Waals surface area contributed by atoms with Gasteiger partial charge in [-0.1, -0.05) is 23.7 Å². The molecule has 0 bridgehead atoms. The van der Waals surface area contributed by atoms with Crippen LogP contribution in [0.5, 0.6) is 0 Å². The van der Waals surface area contributed by atoms with E-state index in [0.29, 0.717) is 5.56 Å². The number of hydrogen-bond acceptors (Lipinski definition) is 2. The monoisotopic (exact) mass is 338 g/mol. The number of hydrogen-bond donors (Lipinski definition) is 2. The summed E-state index contributed by atoms with van der Waals surface area (Å²) in [7, 11) is 0. The summed E-state index contributed by atoms with van der Waals surface area (Å²) in [5.41, 5.74) is 1.14. The summed E-state index contributed by atoms with van der Waals surface area (Å²) in [6.07, 6.45) is 0. The zero-order chi connectivity index (χ0) is 17.1. The molecular formula is C16H13ClF2N2O2. The third-order valence-corrected chi connectivity index (χ3v) is 3.38.